The van der Waals surface area contributed by atoms with Crippen LogP contribution in [0.15, 0.2) is 34.9 Å². The molecule has 2 rings (SSSR count). The molecule has 14 heavy (non-hydrogen) atoms. The van der Waals surface area contributed by atoms with E-state index in [0.717, 1.165) is 12.2 Å². The van der Waals surface area contributed by atoms with E-state index in [1.807, 2.05) is 19.1 Å². The Morgan fingerprint density at radius 1 is 1.36 bits per heavy atom. The first-order chi connectivity index (χ1) is 6.27. The highest BCUT2D eigenvalue weighted by Gasteiger charge is 2.10. The third-order valence-corrected chi connectivity index (χ3v) is 2.12. The molecule has 0 bridgehead atoms. The quantitative estimate of drug-likeness (QED) is 0.830. The summed E-state index contributed by atoms with van der Waals surface area (Å²) >= 11 is 0. The van der Waals surface area contributed by atoms with Crippen LogP contribution in [0.2, 0.25) is 0 Å². The Balaban J connectivity index is 0.000000980. The number of fused-ring (bicyclic) bond motifs is 1. The van der Waals surface area contributed by atoms with E-state index in [1.165, 1.54) is 11.1 Å². The maximum Gasteiger partial charge on any atom is 0.112 e. The van der Waals surface area contributed by atoms with Crippen LogP contribution in [0, 0.1) is 0 Å². The van der Waals surface area contributed by atoms with Gasteiger partial charge < -0.3 is 10.2 Å². The van der Waals surface area contributed by atoms with Gasteiger partial charge >= 0.3 is 0 Å². The number of rotatable bonds is 2. The number of hydrogen-bond donors (Lipinski definition) is 1. The Bertz CT molecular complexity index is 370. The van der Waals surface area contributed by atoms with Crippen molar-refractivity contribution in [3.05, 3.63) is 36.3 Å². The molecule has 0 aromatic carbocycles. The first-order valence-electron chi connectivity index (χ1n) is 4.48. The van der Waals surface area contributed by atoms with Crippen LogP contribution >= 0.6 is 12.4 Å². The summed E-state index contributed by atoms with van der Waals surface area (Å²) in [5, 5.41) is 0. The Kier molecular flexibility index (Phi) is 3.55. The van der Waals surface area contributed by atoms with Crippen LogP contribution in [-0.4, -0.2) is 6.04 Å². The summed E-state index contributed by atoms with van der Waals surface area (Å²) < 4.78 is 5.43. The molecular formula is C11H14ClNO. The van der Waals surface area contributed by atoms with Gasteiger partial charge in [-0.15, -0.1) is 12.4 Å². The van der Waals surface area contributed by atoms with Crippen molar-refractivity contribution in [1.29, 1.82) is 0 Å². The summed E-state index contributed by atoms with van der Waals surface area (Å²) in [4.78, 5) is 0. The Morgan fingerprint density at radius 3 is 2.86 bits per heavy atom. The van der Waals surface area contributed by atoms with Crippen LogP contribution in [0.25, 0.3) is 11.1 Å². The number of halogens is 1. The fourth-order valence-electron chi connectivity index (χ4n) is 1.54. The van der Waals surface area contributed by atoms with Gasteiger partial charge in [0.15, 0.2) is 0 Å². The summed E-state index contributed by atoms with van der Waals surface area (Å²) in [5.41, 5.74) is 8.13. The van der Waals surface area contributed by atoms with Crippen LogP contribution in [0.1, 0.15) is 12.7 Å². The minimum Gasteiger partial charge on any atom is -0.469 e. The van der Waals surface area contributed by atoms with Crippen molar-refractivity contribution in [2.45, 2.75) is 19.4 Å². The van der Waals surface area contributed by atoms with Gasteiger partial charge in [-0.05, 0) is 18.6 Å². The van der Waals surface area contributed by atoms with E-state index in [2.05, 4.69) is 12.1 Å². The maximum absolute atomic E-state index is 5.72. The topological polar surface area (TPSA) is 39.2 Å². The molecule has 1 unspecified atom stereocenters. The van der Waals surface area contributed by atoms with Gasteiger partial charge in [-0.3, -0.25) is 0 Å². The predicted octanol–water partition coefficient (Wildman–Crippen LogP) is 2.70. The molecule has 2 aliphatic rings. The van der Waals surface area contributed by atoms with Crippen molar-refractivity contribution in [3.8, 4) is 11.1 Å². The molecule has 0 spiro atoms. The van der Waals surface area contributed by atoms with E-state index in [9.17, 15) is 0 Å². The highest BCUT2D eigenvalue weighted by atomic mass is 35.5. The van der Waals surface area contributed by atoms with Crippen molar-refractivity contribution in [3.63, 3.8) is 0 Å². The molecule has 0 amide bonds. The van der Waals surface area contributed by atoms with Gasteiger partial charge in [0.1, 0.15) is 5.76 Å². The van der Waals surface area contributed by atoms with Crippen LogP contribution in [0.5, 0.6) is 0 Å². The highest BCUT2D eigenvalue weighted by molar-refractivity contribution is 5.85. The second-order valence-corrected chi connectivity index (χ2v) is 3.42. The molecule has 0 saturated heterocycles. The molecule has 1 aliphatic heterocycles. The monoisotopic (exact) mass is 211 g/mol. The molecule has 3 heteroatoms. The van der Waals surface area contributed by atoms with Crippen LogP contribution < -0.4 is 5.73 Å². The minimum atomic E-state index is 0. The Labute approximate surface area is 89.8 Å². The van der Waals surface area contributed by atoms with Gasteiger partial charge in [0.2, 0.25) is 0 Å². The fourth-order valence-corrected chi connectivity index (χ4v) is 1.54. The zero-order valence-corrected chi connectivity index (χ0v) is 8.88. The molecule has 0 fully saturated rings. The van der Waals surface area contributed by atoms with E-state index in [1.54, 1.807) is 6.26 Å². The van der Waals surface area contributed by atoms with Gasteiger partial charge in [-0.2, -0.15) is 0 Å². The summed E-state index contributed by atoms with van der Waals surface area (Å²) in [5.74, 6) is 0.984. The minimum absolute atomic E-state index is 0. The summed E-state index contributed by atoms with van der Waals surface area (Å²) in [6.45, 7) is 1.98. The zero-order valence-electron chi connectivity index (χ0n) is 8.07. The average molecular weight is 212 g/mol. The Hall–Kier alpha value is -0.990. The van der Waals surface area contributed by atoms with Crippen LogP contribution in [0.3, 0.4) is 0 Å². The molecule has 1 atom stereocenters. The lowest BCUT2D eigenvalue weighted by Crippen LogP contribution is -2.18. The lowest BCUT2D eigenvalue weighted by atomic mass is 10.1. The van der Waals surface area contributed by atoms with E-state index in [4.69, 9.17) is 10.2 Å². The first-order valence-corrected chi connectivity index (χ1v) is 4.48. The van der Waals surface area contributed by atoms with Gasteiger partial charge in [0.25, 0.3) is 0 Å². The van der Waals surface area contributed by atoms with E-state index < -0.39 is 0 Å². The van der Waals surface area contributed by atoms with Crippen LogP contribution in [0.4, 0.5) is 0 Å². The standard InChI is InChI=1S/C11H13NO.ClH/c1-8(12)7-11-10-4-2-3-9(10)5-6-13-11;/h2-6,8H,7,12H2,1H3;1H. The predicted molar refractivity (Wildman–Crippen MR) is 59.9 cm³/mol. The molecule has 76 valence electrons. The highest BCUT2D eigenvalue weighted by Crippen LogP contribution is 2.27. The van der Waals surface area contributed by atoms with Crippen molar-refractivity contribution >= 4 is 12.4 Å². The van der Waals surface area contributed by atoms with Crippen molar-refractivity contribution in [2.24, 2.45) is 5.73 Å². The smallest absolute Gasteiger partial charge is 0.112 e. The lowest BCUT2D eigenvalue weighted by Gasteiger charge is -2.08. The third kappa shape index (κ3) is 2.08. The molecule has 0 aromatic rings. The number of hydrogen-bond acceptors (Lipinski definition) is 2. The molecule has 1 heterocycles. The summed E-state index contributed by atoms with van der Waals surface area (Å²) in [6, 6.07) is 8.29. The lowest BCUT2D eigenvalue weighted by molar-refractivity contribution is 0.478. The molecule has 0 radical (unpaired) electrons. The molecule has 0 saturated carbocycles. The van der Waals surface area contributed by atoms with Crippen molar-refractivity contribution in [2.75, 3.05) is 0 Å². The van der Waals surface area contributed by atoms with Gasteiger partial charge in [-0.1, -0.05) is 18.2 Å². The Morgan fingerprint density at radius 2 is 2.14 bits per heavy atom. The number of nitrogens with two attached hydrogens (primary N) is 1. The van der Waals surface area contributed by atoms with Gasteiger partial charge in [-0.25, -0.2) is 0 Å². The molecule has 0 aromatic heterocycles. The van der Waals surface area contributed by atoms with Gasteiger partial charge in [0, 0.05) is 18.0 Å². The zero-order chi connectivity index (χ0) is 9.26. The van der Waals surface area contributed by atoms with E-state index >= 15 is 0 Å². The molecule has 1 aliphatic carbocycles. The second kappa shape index (κ2) is 4.49. The molecule has 2 nitrogen and oxygen atoms in total. The maximum atomic E-state index is 5.72. The van der Waals surface area contributed by atoms with E-state index in [-0.39, 0.29) is 18.4 Å². The molecular weight excluding hydrogens is 198 g/mol. The van der Waals surface area contributed by atoms with E-state index in [0.29, 0.717) is 0 Å². The SMILES string of the molecule is CC(N)Cc1occc2cccc1-2.Cl. The largest absolute Gasteiger partial charge is 0.469 e. The normalized spacial score (nSPS) is 12.4. The second-order valence-electron chi connectivity index (χ2n) is 3.42. The third-order valence-electron chi connectivity index (χ3n) is 2.12. The summed E-state index contributed by atoms with van der Waals surface area (Å²) in [7, 11) is 0. The van der Waals surface area contributed by atoms with Crippen molar-refractivity contribution in [1.82, 2.24) is 0 Å². The first kappa shape index (κ1) is 11.1. The van der Waals surface area contributed by atoms with Crippen LogP contribution in [-0.2, 0) is 6.42 Å². The van der Waals surface area contributed by atoms with Crippen molar-refractivity contribution < 1.29 is 4.42 Å². The molecule has 2 N–H and O–H groups in total. The van der Waals surface area contributed by atoms with Gasteiger partial charge in [0.05, 0.1) is 6.26 Å². The fraction of sp³-hybridized carbons (Fsp3) is 0.273. The summed E-state index contributed by atoms with van der Waals surface area (Å²) in [6.07, 6.45) is 2.52. The average Bonchev–Trinajstić information content (AvgIpc) is 2.51.